The molecule has 154 valence electrons. The Bertz CT molecular complexity index is 1250. The first-order valence-corrected chi connectivity index (χ1v) is 9.84. The third-order valence-corrected chi connectivity index (χ3v) is 5.52. The molecule has 4 rings (SSSR count). The monoisotopic (exact) mass is 427 g/mol. The van der Waals surface area contributed by atoms with E-state index in [0.29, 0.717) is 22.2 Å². The van der Waals surface area contributed by atoms with Crippen LogP contribution >= 0.6 is 11.3 Å². The maximum absolute atomic E-state index is 13.1. The van der Waals surface area contributed by atoms with E-state index in [4.69, 9.17) is 0 Å². The van der Waals surface area contributed by atoms with E-state index < -0.39 is 5.69 Å². The summed E-state index contributed by atoms with van der Waals surface area (Å²) < 4.78 is 17.4. The van der Waals surface area contributed by atoms with Crippen molar-refractivity contribution in [2.24, 2.45) is 7.05 Å². The SMILES string of the molecule is Cc1nc(-n2cnn(Cc3ccc(F)cc3)c2=O)sc1C(=O)NCc1cn(C)cn1. The molecule has 0 atom stereocenters. The van der Waals surface area contributed by atoms with Crippen molar-refractivity contribution in [1.82, 2.24) is 34.2 Å². The molecule has 0 aliphatic heterocycles. The second kappa shape index (κ2) is 8.03. The molecule has 1 N–H and O–H groups in total. The van der Waals surface area contributed by atoms with Crippen LogP contribution in [0.1, 0.15) is 26.6 Å². The molecule has 9 nitrogen and oxygen atoms in total. The third kappa shape index (κ3) is 4.06. The minimum atomic E-state index is -0.395. The van der Waals surface area contributed by atoms with Crippen LogP contribution in [0.2, 0.25) is 0 Å². The summed E-state index contributed by atoms with van der Waals surface area (Å²) >= 11 is 1.11. The Balaban J connectivity index is 1.51. The first-order chi connectivity index (χ1) is 14.4. The number of aromatic nitrogens is 6. The summed E-state index contributed by atoms with van der Waals surface area (Å²) in [5.41, 5.74) is 1.61. The predicted octanol–water partition coefficient (Wildman–Crippen LogP) is 1.65. The minimum absolute atomic E-state index is 0.202. The number of amides is 1. The first kappa shape index (κ1) is 19.7. The van der Waals surface area contributed by atoms with Gasteiger partial charge in [0, 0.05) is 13.2 Å². The zero-order chi connectivity index (χ0) is 21.3. The lowest BCUT2D eigenvalue weighted by Gasteiger charge is -2.01. The summed E-state index contributed by atoms with van der Waals surface area (Å²) in [6.45, 7) is 2.21. The molecule has 0 radical (unpaired) electrons. The van der Waals surface area contributed by atoms with Crippen LogP contribution in [0, 0.1) is 12.7 Å². The zero-order valence-electron chi connectivity index (χ0n) is 16.2. The summed E-state index contributed by atoms with van der Waals surface area (Å²) in [5, 5.41) is 7.26. The average Bonchev–Trinajstić information content (AvgIpc) is 3.41. The highest BCUT2D eigenvalue weighted by Gasteiger charge is 2.18. The molecular weight excluding hydrogens is 409 g/mol. The average molecular weight is 427 g/mol. The molecule has 0 bridgehead atoms. The number of thiazole rings is 1. The summed E-state index contributed by atoms with van der Waals surface area (Å²) in [7, 11) is 1.85. The van der Waals surface area contributed by atoms with Crippen LogP contribution in [-0.2, 0) is 20.1 Å². The Kier molecular flexibility index (Phi) is 5.27. The maximum atomic E-state index is 13.1. The van der Waals surface area contributed by atoms with Crippen molar-refractivity contribution in [3.63, 3.8) is 0 Å². The Hall–Kier alpha value is -3.60. The molecule has 0 fully saturated rings. The molecule has 4 aromatic rings. The van der Waals surface area contributed by atoms with Gasteiger partial charge >= 0.3 is 5.69 Å². The van der Waals surface area contributed by atoms with E-state index in [1.807, 2.05) is 13.2 Å². The molecule has 0 saturated heterocycles. The number of rotatable bonds is 6. The summed E-state index contributed by atoms with van der Waals surface area (Å²) in [4.78, 5) is 34.2. The van der Waals surface area contributed by atoms with Crippen LogP contribution in [-0.4, -0.2) is 34.8 Å². The first-order valence-electron chi connectivity index (χ1n) is 9.02. The molecule has 11 heteroatoms. The molecule has 0 aliphatic carbocycles. The number of halogens is 1. The Morgan fingerprint density at radius 3 is 2.70 bits per heavy atom. The lowest BCUT2D eigenvalue weighted by molar-refractivity contribution is 0.0953. The number of benzene rings is 1. The number of nitrogens with zero attached hydrogens (tertiary/aromatic N) is 6. The third-order valence-electron chi connectivity index (χ3n) is 4.37. The highest BCUT2D eigenvalue weighted by Crippen LogP contribution is 2.20. The molecule has 1 amide bonds. The molecule has 3 heterocycles. The van der Waals surface area contributed by atoms with E-state index in [1.165, 1.54) is 27.7 Å². The number of imidazole rings is 1. The van der Waals surface area contributed by atoms with Crippen molar-refractivity contribution in [1.29, 1.82) is 0 Å². The lowest BCUT2D eigenvalue weighted by Crippen LogP contribution is -2.24. The highest BCUT2D eigenvalue weighted by atomic mass is 32.1. The zero-order valence-corrected chi connectivity index (χ0v) is 17.1. The molecule has 1 aromatic carbocycles. The minimum Gasteiger partial charge on any atom is -0.346 e. The van der Waals surface area contributed by atoms with Crippen molar-refractivity contribution in [2.75, 3.05) is 0 Å². The number of nitrogens with one attached hydrogen (secondary N) is 1. The smallest absolute Gasteiger partial charge is 0.346 e. The van der Waals surface area contributed by atoms with Gasteiger partial charge < -0.3 is 9.88 Å². The van der Waals surface area contributed by atoms with Crippen LogP contribution in [0.15, 0.2) is 47.9 Å². The van der Waals surface area contributed by atoms with Crippen molar-refractivity contribution in [2.45, 2.75) is 20.0 Å². The number of carbonyl (C=O) groups is 1. The van der Waals surface area contributed by atoms with Gasteiger partial charge in [0.25, 0.3) is 5.91 Å². The largest absolute Gasteiger partial charge is 0.352 e. The molecular formula is C19H18FN7O2S. The number of carbonyl (C=O) groups excluding carboxylic acids is 1. The highest BCUT2D eigenvalue weighted by molar-refractivity contribution is 7.16. The second-order valence-electron chi connectivity index (χ2n) is 6.69. The maximum Gasteiger partial charge on any atom is 0.352 e. The van der Waals surface area contributed by atoms with Gasteiger partial charge in [0.2, 0.25) is 0 Å². The van der Waals surface area contributed by atoms with Crippen LogP contribution in [0.4, 0.5) is 4.39 Å². The summed E-state index contributed by atoms with van der Waals surface area (Å²) in [6.07, 6.45) is 4.84. The number of hydrogen-bond acceptors (Lipinski definition) is 6. The van der Waals surface area contributed by atoms with Gasteiger partial charge in [-0.25, -0.2) is 28.4 Å². The van der Waals surface area contributed by atoms with Gasteiger partial charge in [0.15, 0.2) is 5.13 Å². The fraction of sp³-hybridized carbons (Fsp3) is 0.211. The van der Waals surface area contributed by atoms with Gasteiger partial charge in [-0.2, -0.15) is 5.10 Å². The Labute approximate surface area is 174 Å². The predicted molar refractivity (Wildman–Crippen MR) is 108 cm³/mol. The lowest BCUT2D eigenvalue weighted by atomic mass is 10.2. The van der Waals surface area contributed by atoms with E-state index in [2.05, 4.69) is 20.4 Å². The van der Waals surface area contributed by atoms with Crippen molar-refractivity contribution in [3.8, 4) is 5.13 Å². The molecule has 0 aliphatic rings. The van der Waals surface area contributed by atoms with E-state index in [0.717, 1.165) is 22.6 Å². The molecule has 0 spiro atoms. The van der Waals surface area contributed by atoms with Gasteiger partial charge in [-0.05, 0) is 24.6 Å². The number of aryl methyl sites for hydroxylation is 2. The standard InChI is InChI=1S/C19H18FN7O2S/c1-12-16(17(28)21-7-15-9-25(2)10-22-15)30-18(24-12)26-11-23-27(19(26)29)8-13-3-5-14(20)6-4-13/h3-6,9-11H,7-8H2,1-2H3,(H,21,28). The Morgan fingerprint density at radius 2 is 2.00 bits per heavy atom. The fourth-order valence-electron chi connectivity index (χ4n) is 2.84. The normalized spacial score (nSPS) is 11.0. The van der Waals surface area contributed by atoms with E-state index >= 15 is 0 Å². The Morgan fingerprint density at radius 1 is 1.23 bits per heavy atom. The van der Waals surface area contributed by atoms with E-state index in [-0.39, 0.29) is 18.3 Å². The van der Waals surface area contributed by atoms with Gasteiger partial charge in [-0.1, -0.05) is 23.5 Å². The quantitative estimate of drug-likeness (QED) is 0.504. The fourth-order valence-corrected chi connectivity index (χ4v) is 3.79. The molecule has 30 heavy (non-hydrogen) atoms. The topological polar surface area (TPSA) is 99.6 Å². The van der Waals surface area contributed by atoms with Crippen molar-refractivity contribution < 1.29 is 9.18 Å². The molecule has 0 unspecified atom stereocenters. The molecule has 3 aromatic heterocycles. The summed E-state index contributed by atoms with van der Waals surface area (Å²) in [5.74, 6) is -0.627. The van der Waals surface area contributed by atoms with Gasteiger partial charge in [-0.15, -0.1) is 0 Å². The van der Waals surface area contributed by atoms with Gasteiger partial charge in [-0.3, -0.25) is 4.79 Å². The van der Waals surface area contributed by atoms with Gasteiger partial charge in [0.1, 0.15) is 17.0 Å². The number of hydrogen-bond donors (Lipinski definition) is 1. The van der Waals surface area contributed by atoms with E-state index in [1.54, 1.807) is 30.0 Å². The molecule has 0 saturated carbocycles. The summed E-state index contributed by atoms with van der Waals surface area (Å²) in [6, 6.07) is 5.85. The van der Waals surface area contributed by atoms with Crippen LogP contribution < -0.4 is 11.0 Å². The van der Waals surface area contributed by atoms with Crippen molar-refractivity contribution >= 4 is 17.2 Å². The second-order valence-corrected chi connectivity index (χ2v) is 7.67. The van der Waals surface area contributed by atoms with E-state index in [9.17, 15) is 14.0 Å². The van der Waals surface area contributed by atoms with Crippen LogP contribution in [0.5, 0.6) is 0 Å². The van der Waals surface area contributed by atoms with Gasteiger partial charge in [0.05, 0.1) is 30.8 Å². The van der Waals surface area contributed by atoms with Crippen LogP contribution in [0.3, 0.4) is 0 Å². The van der Waals surface area contributed by atoms with Crippen LogP contribution in [0.25, 0.3) is 5.13 Å². The van der Waals surface area contributed by atoms with Crippen molar-refractivity contribution in [3.05, 3.63) is 81.2 Å².